The highest BCUT2D eigenvalue weighted by molar-refractivity contribution is 8.00. The zero-order valence-electron chi connectivity index (χ0n) is 19.6. The molecule has 1 saturated heterocycles. The van der Waals surface area contributed by atoms with Crippen LogP contribution in [0.15, 0.2) is 41.4 Å². The molecular formula is C26H32N2O4S. The number of ketones is 1. The number of ether oxygens (including phenoxy) is 1. The van der Waals surface area contributed by atoms with Crippen LogP contribution < -0.4 is 9.64 Å². The molecule has 7 heteroatoms. The lowest BCUT2D eigenvalue weighted by Gasteiger charge is -2.16. The second-order valence-electron chi connectivity index (χ2n) is 8.09. The molecule has 0 bridgehead atoms. The topological polar surface area (TPSA) is 76.6 Å². The van der Waals surface area contributed by atoms with Crippen LogP contribution in [0.2, 0.25) is 0 Å². The van der Waals surface area contributed by atoms with Crippen molar-refractivity contribution in [2.75, 3.05) is 11.5 Å². The number of carbonyl (C=O) groups excluding carboxylic acids is 3. The summed E-state index contributed by atoms with van der Waals surface area (Å²) in [6, 6.07) is 10.7. The molecule has 0 radical (unpaired) electrons. The molecule has 1 aliphatic heterocycles. The normalized spacial score (nSPS) is 15.8. The van der Waals surface area contributed by atoms with Crippen molar-refractivity contribution in [3.8, 4) is 5.75 Å². The van der Waals surface area contributed by atoms with E-state index in [2.05, 4.69) is 6.92 Å². The molecule has 1 aromatic heterocycles. The lowest BCUT2D eigenvalue weighted by atomic mass is 10.1. The lowest BCUT2D eigenvalue weighted by molar-refractivity contribution is -0.121. The molecule has 2 aromatic rings. The average Bonchev–Trinajstić information content (AvgIpc) is 3.09. The third kappa shape index (κ3) is 6.22. The minimum absolute atomic E-state index is 0.0361. The van der Waals surface area contributed by atoms with E-state index in [9.17, 15) is 14.4 Å². The molecule has 0 saturated carbocycles. The number of rotatable bonds is 12. The number of hydrogen-bond acceptors (Lipinski definition) is 6. The van der Waals surface area contributed by atoms with Crippen LogP contribution in [0.3, 0.4) is 0 Å². The maximum Gasteiger partial charge on any atom is 0.247 e. The highest BCUT2D eigenvalue weighted by Crippen LogP contribution is 2.35. The summed E-state index contributed by atoms with van der Waals surface area (Å²) in [6.07, 6.45) is 5.16. The van der Waals surface area contributed by atoms with Gasteiger partial charge in [0.05, 0.1) is 17.5 Å². The molecule has 1 atom stereocenters. The number of amides is 2. The lowest BCUT2D eigenvalue weighted by Crippen LogP contribution is -2.31. The van der Waals surface area contributed by atoms with Gasteiger partial charge in [-0.25, -0.2) is 9.88 Å². The van der Waals surface area contributed by atoms with E-state index in [1.807, 2.05) is 26.0 Å². The third-order valence-corrected chi connectivity index (χ3v) is 6.71. The van der Waals surface area contributed by atoms with E-state index in [1.54, 1.807) is 24.3 Å². The van der Waals surface area contributed by atoms with Gasteiger partial charge in [-0.05, 0) is 62.6 Å². The van der Waals surface area contributed by atoms with Crippen LogP contribution in [0.25, 0.3) is 0 Å². The maximum atomic E-state index is 13.2. The standard InChI is InChI=1S/C26H32N2O4S/c1-4-7-9-18-11-16-21(22(29)10-8-5-2)25(27-18)33-23-17-24(30)28(26(23)31)19-12-14-20(15-13-19)32-6-3/h11-16,23H,4-10,17H2,1-3H3/t23-/m0/s1. The quantitative estimate of drug-likeness (QED) is 0.297. The first kappa shape index (κ1) is 25.0. The fourth-order valence-electron chi connectivity index (χ4n) is 3.71. The van der Waals surface area contributed by atoms with Crippen molar-refractivity contribution in [2.45, 2.75) is 76.0 Å². The zero-order valence-corrected chi connectivity index (χ0v) is 20.5. The molecule has 1 fully saturated rings. The number of hydrogen-bond donors (Lipinski definition) is 0. The molecule has 1 aromatic carbocycles. The van der Waals surface area contributed by atoms with Gasteiger partial charge in [-0.15, -0.1) is 0 Å². The van der Waals surface area contributed by atoms with Crippen molar-refractivity contribution >= 4 is 35.0 Å². The summed E-state index contributed by atoms with van der Waals surface area (Å²) in [5.74, 6) is 0.202. The summed E-state index contributed by atoms with van der Waals surface area (Å²) in [7, 11) is 0. The number of imide groups is 1. The highest BCUT2D eigenvalue weighted by Gasteiger charge is 2.41. The van der Waals surface area contributed by atoms with E-state index < -0.39 is 5.25 Å². The minimum Gasteiger partial charge on any atom is -0.494 e. The van der Waals surface area contributed by atoms with Crippen molar-refractivity contribution in [1.82, 2.24) is 4.98 Å². The summed E-state index contributed by atoms with van der Waals surface area (Å²) in [5, 5.41) is -0.0416. The number of aryl methyl sites for hydroxylation is 1. The molecule has 1 aliphatic rings. The van der Waals surface area contributed by atoms with E-state index in [0.717, 1.165) is 37.8 Å². The molecule has 3 rings (SSSR count). The smallest absolute Gasteiger partial charge is 0.247 e. The van der Waals surface area contributed by atoms with Gasteiger partial charge in [0.15, 0.2) is 5.78 Å². The fraction of sp³-hybridized carbons (Fsp3) is 0.462. The minimum atomic E-state index is -0.601. The first-order valence-electron chi connectivity index (χ1n) is 11.8. The van der Waals surface area contributed by atoms with E-state index in [4.69, 9.17) is 9.72 Å². The Balaban J connectivity index is 1.82. The Bertz CT molecular complexity index is 990. The number of Topliss-reactive ketones (excluding diaryl/α,β-unsaturated/α-hetero) is 1. The average molecular weight is 469 g/mol. The van der Waals surface area contributed by atoms with Crippen molar-refractivity contribution in [3.63, 3.8) is 0 Å². The van der Waals surface area contributed by atoms with E-state index >= 15 is 0 Å². The molecule has 0 N–H and O–H groups in total. The molecule has 2 heterocycles. The van der Waals surface area contributed by atoms with Gasteiger partial charge in [0, 0.05) is 24.1 Å². The Morgan fingerprint density at radius 2 is 1.79 bits per heavy atom. The second-order valence-corrected chi connectivity index (χ2v) is 9.28. The van der Waals surface area contributed by atoms with Crippen LogP contribution in [0, 0.1) is 0 Å². The summed E-state index contributed by atoms with van der Waals surface area (Å²) >= 11 is 1.24. The molecular weight excluding hydrogens is 436 g/mol. The third-order valence-electron chi connectivity index (χ3n) is 5.53. The predicted molar refractivity (Wildman–Crippen MR) is 131 cm³/mol. The van der Waals surface area contributed by atoms with Crippen LogP contribution in [0.5, 0.6) is 5.75 Å². The summed E-state index contributed by atoms with van der Waals surface area (Å²) < 4.78 is 5.45. The Kier molecular flexibility index (Phi) is 9.06. The largest absolute Gasteiger partial charge is 0.494 e. The molecule has 33 heavy (non-hydrogen) atoms. The monoisotopic (exact) mass is 468 g/mol. The van der Waals surface area contributed by atoms with E-state index in [0.29, 0.717) is 35.1 Å². The first-order chi connectivity index (χ1) is 16.0. The molecule has 0 unspecified atom stereocenters. The number of nitrogens with zero attached hydrogens (tertiary/aromatic N) is 2. The maximum absolute atomic E-state index is 13.2. The van der Waals surface area contributed by atoms with Gasteiger partial charge in [0.2, 0.25) is 11.8 Å². The van der Waals surface area contributed by atoms with E-state index in [-0.39, 0.29) is 24.0 Å². The second kappa shape index (κ2) is 12.0. The van der Waals surface area contributed by atoms with Gasteiger partial charge in [0.25, 0.3) is 0 Å². The zero-order chi connectivity index (χ0) is 23.8. The number of pyridine rings is 1. The highest BCUT2D eigenvalue weighted by atomic mass is 32.2. The van der Waals surface area contributed by atoms with Crippen molar-refractivity contribution < 1.29 is 19.1 Å². The van der Waals surface area contributed by atoms with Gasteiger partial charge in [0.1, 0.15) is 10.8 Å². The number of carbonyl (C=O) groups is 3. The van der Waals surface area contributed by atoms with Crippen molar-refractivity contribution in [1.29, 1.82) is 0 Å². The van der Waals surface area contributed by atoms with Crippen molar-refractivity contribution in [3.05, 3.63) is 47.7 Å². The number of unbranched alkanes of at least 4 members (excludes halogenated alkanes) is 2. The Morgan fingerprint density at radius 1 is 1.06 bits per heavy atom. The summed E-state index contributed by atoms with van der Waals surface area (Å²) in [6.45, 7) is 6.61. The number of thioether (sulfide) groups is 1. The number of benzene rings is 1. The number of anilines is 1. The Morgan fingerprint density at radius 3 is 2.45 bits per heavy atom. The van der Waals surface area contributed by atoms with Gasteiger partial charge in [-0.2, -0.15) is 0 Å². The Hall–Kier alpha value is -2.67. The van der Waals surface area contributed by atoms with Crippen LogP contribution in [0.1, 0.15) is 75.3 Å². The first-order valence-corrected chi connectivity index (χ1v) is 12.7. The number of aromatic nitrogens is 1. The van der Waals surface area contributed by atoms with Crippen LogP contribution in [-0.4, -0.2) is 34.4 Å². The van der Waals surface area contributed by atoms with Gasteiger partial charge < -0.3 is 4.74 Å². The van der Waals surface area contributed by atoms with Gasteiger partial charge in [-0.3, -0.25) is 14.4 Å². The van der Waals surface area contributed by atoms with Crippen LogP contribution in [-0.2, 0) is 16.0 Å². The molecule has 6 nitrogen and oxygen atoms in total. The summed E-state index contributed by atoms with van der Waals surface area (Å²) in [4.78, 5) is 44.7. The SMILES string of the molecule is CCCCC(=O)c1ccc(CCCC)nc1S[C@H]1CC(=O)N(c2ccc(OCC)cc2)C1=O. The molecule has 176 valence electrons. The van der Waals surface area contributed by atoms with Gasteiger partial charge >= 0.3 is 0 Å². The predicted octanol–water partition coefficient (Wildman–Crippen LogP) is 5.62. The molecule has 0 aliphatic carbocycles. The van der Waals surface area contributed by atoms with Crippen LogP contribution >= 0.6 is 11.8 Å². The summed E-state index contributed by atoms with van der Waals surface area (Å²) in [5.41, 5.74) is 1.99. The molecule has 0 spiro atoms. The van der Waals surface area contributed by atoms with Crippen molar-refractivity contribution in [2.24, 2.45) is 0 Å². The van der Waals surface area contributed by atoms with Crippen LogP contribution in [0.4, 0.5) is 5.69 Å². The van der Waals surface area contributed by atoms with Gasteiger partial charge in [-0.1, -0.05) is 38.5 Å². The van der Waals surface area contributed by atoms with E-state index in [1.165, 1.54) is 16.7 Å². The Labute approximate surface area is 200 Å². The molecule has 2 amide bonds. The fourth-order valence-corrected chi connectivity index (χ4v) is 4.89.